The average molecular weight is 517 g/mol. The van der Waals surface area contributed by atoms with Crippen LogP contribution in [0, 0.1) is 5.92 Å². The van der Waals surface area contributed by atoms with Gasteiger partial charge >= 0.3 is 0 Å². The monoisotopic (exact) mass is 516 g/mol. The molecule has 2 heterocycles. The van der Waals surface area contributed by atoms with Crippen LogP contribution in [-0.4, -0.2) is 36.7 Å². The van der Waals surface area contributed by atoms with Crippen molar-refractivity contribution in [3.8, 4) is 17.2 Å². The molecule has 2 amide bonds. The number of hydrogen-bond acceptors (Lipinski definition) is 7. The molecule has 1 N–H and O–H groups in total. The number of amides is 2. The van der Waals surface area contributed by atoms with Gasteiger partial charge in [-0.05, 0) is 60.5 Å². The zero-order valence-corrected chi connectivity index (χ0v) is 21.6. The van der Waals surface area contributed by atoms with Gasteiger partial charge in [0.05, 0.1) is 31.1 Å². The minimum absolute atomic E-state index is 0.0129. The lowest BCUT2D eigenvalue weighted by atomic mass is 9.90. The number of para-hydroxylation sites is 1. The van der Waals surface area contributed by atoms with Gasteiger partial charge in [0.25, 0.3) is 5.91 Å². The highest BCUT2D eigenvalue weighted by atomic mass is 16.7. The molecular formula is C30H32N2O6. The first-order chi connectivity index (χ1) is 18.5. The fourth-order valence-corrected chi connectivity index (χ4v) is 5.10. The van der Waals surface area contributed by atoms with E-state index in [-0.39, 0.29) is 17.4 Å². The first kappa shape index (κ1) is 25.6. The summed E-state index contributed by atoms with van der Waals surface area (Å²) in [6, 6.07) is 20.7. The number of carbonyl (C=O) groups excluding carboxylic acids is 2. The molecule has 3 aromatic rings. The summed E-state index contributed by atoms with van der Waals surface area (Å²) in [4.78, 5) is 34.7. The summed E-state index contributed by atoms with van der Waals surface area (Å²) in [5, 5.41) is 11.8. The SMILES string of the molecule is CCCCCCOc1ccc(N2C(=O)[C@H]3[C@@H](c4ccc(O)c(OC)c4)N(c4ccccc4)O[C@H]3C2=O)cc1. The number of anilines is 2. The number of fused-ring (bicyclic) bond motifs is 1. The molecule has 2 aliphatic heterocycles. The van der Waals surface area contributed by atoms with Gasteiger partial charge in [0, 0.05) is 0 Å². The largest absolute Gasteiger partial charge is 0.504 e. The van der Waals surface area contributed by atoms with Crippen molar-refractivity contribution < 1.29 is 29.0 Å². The Balaban J connectivity index is 1.41. The molecule has 0 aliphatic carbocycles. The van der Waals surface area contributed by atoms with E-state index in [2.05, 4.69) is 6.92 Å². The first-order valence-corrected chi connectivity index (χ1v) is 13.0. The number of benzene rings is 3. The van der Waals surface area contributed by atoms with Gasteiger partial charge in [-0.15, -0.1) is 0 Å². The third-order valence-corrected chi connectivity index (χ3v) is 7.03. The van der Waals surface area contributed by atoms with Crippen LogP contribution in [0.15, 0.2) is 72.8 Å². The molecule has 2 aliphatic rings. The summed E-state index contributed by atoms with van der Waals surface area (Å²) in [5.74, 6) is -0.582. The Morgan fingerprint density at radius 2 is 1.66 bits per heavy atom. The number of carbonyl (C=O) groups is 2. The van der Waals surface area contributed by atoms with Gasteiger partial charge < -0.3 is 14.6 Å². The van der Waals surface area contributed by atoms with E-state index in [0.717, 1.165) is 12.8 Å². The van der Waals surface area contributed by atoms with Crippen LogP contribution in [0.3, 0.4) is 0 Å². The van der Waals surface area contributed by atoms with Crippen LogP contribution in [0.4, 0.5) is 11.4 Å². The first-order valence-electron chi connectivity index (χ1n) is 13.0. The lowest BCUT2D eigenvalue weighted by Crippen LogP contribution is -2.37. The van der Waals surface area contributed by atoms with Gasteiger partial charge in [0.15, 0.2) is 17.6 Å². The Morgan fingerprint density at radius 3 is 2.37 bits per heavy atom. The van der Waals surface area contributed by atoms with Gasteiger partial charge in [-0.2, -0.15) is 0 Å². The molecule has 0 bridgehead atoms. The molecule has 2 saturated heterocycles. The van der Waals surface area contributed by atoms with Gasteiger partial charge in [-0.25, -0.2) is 9.96 Å². The summed E-state index contributed by atoms with van der Waals surface area (Å²) in [7, 11) is 1.46. The molecule has 5 rings (SSSR count). The second-order valence-electron chi connectivity index (χ2n) is 9.50. The Hall–Kier alpha value is -4.04. The van der Waals surface area contributed by atoms with E-state index in [9.17, 15) is 14.7 Å². The van der Waals surface area contributed by atoms with Gasteiger partial charge in [-0.1, -0.05) is 50.5 Å². The molecule has 3 atom stereocenters. The van der Waals surface area contributed by atoms with E-state index in [0.29, 0.717) is 29.3 Å². The van der Waals surface area contributed by atoms with Crippen LogP contribution in [0.2, 0.25) is 0 Å². The lowest BCUT2D eigenvalue weighted by molar-refractivity contribution is -0.126. The quantitative estimate of drug-likeness (QED) is 0.285. The van der Waals surface area contributed by atoms with Crippen molar-refractivity contribution in [2.45, 2.75) is 44.8 Å². The number of methoxy groups -OCH3 is 1. The molecule has 0 saturated carbocycles. The molecular weight excluding hydrogens is 484 g/mol. The molecule has 2 fully saturated rings. The molecule has 8 heteroatoms. The predicted molar refractivity (Wildman–Crippen MR) is 143 cm³/mol. The summed E-state index contributed by atoms with van der Waals surface area (Å²) < 4.78 is 11.1. The number of ether oxygens (including phenoxy) is 2. The van der Waals surface area contributed by atoms with Crippen molar-refractivity contribution in [1.29, 1.82) is 0 Å². The van der Waals surface area contributed by atoms with E-state index in [1.165, 1.54) is 30.9 Å². The third-order valence-electron chi connectivity index (χ3n) is 7.03. The minimum atomic E-state index is -0.984. The van der Waals surface area contributed by atoms with E-state index in [1.807, 2.05) is 30.3 Å². The zero-order valence-electron chi connectivity index (χ0n) is 21.6. The number of phenolic OH excluding ortho intramolecular Hbond substituents is 1. The Bertz CT molecular complexity index is 1280. The van der Waals surface area contributed by atoms with Crippen LogP contribution < -0.4 is 19.4 Å². The predicted octanol–water partition coefficient (Wildman–Crippen LogP) is 5.41. The Morgan fingerprint density at radius 1 is 0.895 bits per heavy atom. The molecule has 0 unspecified atom stereocenters. The van der Waals surface area contributed by atoms with Crippen molar-refractivity contribution in [3.63, 3.8) is 0 Å². The van der Waals surface area contributed by atoms with Crippen LogP contribution in [0.1, 0.15) is 44.2 Å². The summed E-state index contributed by atoms with van der Waals surface area (Å²) >= 11 is 0. The number of phenols is 1. The van der Waals surface area contributed by atoms with Gasteiger partial charge in [-0.3, -0.25) is 14.4 Å². The van der Waals surface area contributed by atoms with Crippen LogP contribution in [0.25, 0.3) is 0 Å². The van der Waals surface area contributed by atoms with Crippen molar-refractivity contribution in [1.82, 2.24) is 0 Å². The zero-order chi connectivity index (χ0) is 26.6. The van der Waals surface area contributed by atoms with Gasteiger partial charge in [0.2, 0.25) is 5.91 Å². The molecule has 3 aromatic carbocycles. The molecule has 198 valence electrons. The van der Waals surface area contributed by atoms with Crippen molar-refractivity contribution >= 4 is 23.2 Å². The molecule has 0 spiro atoms. The number of aromatic hydroxyl groups is 1. The second-order valence-corrected chi connectivity index (χ2v) is 9.50. The van der Waals surface area contributed by atoms with Crippen LogP contribution >= 0.6 is 0 Å². The standard InChI is InChI=1S/C30H32N2O6/c1-3-4-5-9-18-37-23-15-13-21(14-16-23)31-29(34)26-27(20-12-17-24(33)25(19-20)36-2)32(38-28(26)30(31)35)22-10-7-6-8-11-22/h6-8,10-17,19,26-28,33H,3-5,9,18H2,1-2H3/t26-,27+,28+/m0/s1. The van der Waals surface area contributed by atoms with E-state index >= 15 is 0 Å². The van der Waals surface area contributed by atoms with Crippen LogP contribution in [-0.2, 0) is 14.4 Å². The van der Waals surface area contributed by atoms with Gasteiger partial charge in [0.1, 0.15) is 11.7 Å². The maximum absolute atomic E-state index is 13.8. The number of rotatable bonds is 10. The molecule has 38 heavy (non-hydrogen) atoms. The normalized spacial score (nSPS) is 20.6. The topological polar surface area (TPSA) is 88.5 Å². The Kier molecular flexibility index (Phi) is 7.51. The number of nitrogens with zero attached hydrogens (tertiary/aromatic N) is 2. The maximum atomic E-state index is 13.8. The maximum Gasteiger partial charge on any atom is 0.266 e. The highest BCUT2D eigenvalue weighted by molar-refractivity contribution is 6.23. The van der Waals surface area contributed by atoms with E-state index in [4.69, 9.17) is 14.3 Å². The summed E-state index contributed by atoms with van der Waals surface area (Å²) in [6.45, 7) is 2.80. The lowest BCUT2D eigenvalue weighted by Gasteiger charge is -2.29. The number of imide groups is 1. The summed E-state index contributed by atoms with van der Waals surface area (Å²) in [5.41, 5.74) is 1.88. The van der Waals surface area contributed by atoms with Crippen molar-refractivity contribution in [2.24, 2.45) is 5.92 Å². The van der Waals surface area contributed by atoms with E-state index in [1.54, 1.807) is 41.5 Å². The fraction of sp³-hybridized carbons (Fsp3) is 0.333. The number of hydroxylamine groups is 1. The van der Waals surface area contributed by atoms with Crippen molar-refractivity contribution in [2.75, 3.05) is 23.7 Å². The fourth-order valence-electron chi connectivity index (χ4n) is 5.10. The molecule has 0 aromatic heterocycles. The highest BCUT2D eigenvalue weighted by Gasteiger charge is 2.60. The van der Waals surface area contributed by atoms with Crippen molar-refractivity contribution in [3.05, 3.63) is 78.4 Å². The van der Waals surface area contributed by atoms with E-state index < -0.39 is 24.0 Å². The summed E-state index contributed by atoms with van der Waals surface area (Å²) in [6.07, 6.45) is 3.48. The number of hydrogen-bond donors (Lipinski definition) is 1. The number of unbranched alkanes of at least 4 members (excludes halogenated alkanes) is 3. The molecule has 8 nitrogen and oxygen atoms in total. The molecule has 0 radical (unpaired) electrons. The third kappa shape index (κ3) is 4.79. The minimum Gasteiger partial charge on any atom is -0.504 e. The second kappa shape index (κ2) is 11.1. The smallest absolute Gasteiger partial charge is 0.266 e. The Labute approximate surface area is 222 Å². The van der Waals surface area contributed by atoms with Crippen LogP contribution in [0.5, 0.6) is 17.2 Å². The average Bonchev–Trinajstić information content (AvgIpc) is 3.45. The highest BCUT2D eigenvalue weighted by Crippen LogP contribution is 2.48.